The highest BCUT2D eigenvalue weighted by atomic mass is 16.5. The van der Waals surface area contributed by atoms with E-state index in [2.05, 4.69) is 6.92 Å². The third-order valence-corrected chi connectivity index (χ3v) is 3.28. The molecule has 0 aromatic carbocycles. The molecule has 0 saturated heterocycles. The van der Waals surface area contributed by atoms with Crippen LogP contribution in [0.15, 0.2) is 0 Å². The fourth-order valence-corrected chi connectivity index (χ4v) is 2.32. The Morgan fingerprint density at radius 3 is 2.47 bits per heavy atom. The molecule has 0 aromatic rings. The number of hydrogen-bond acceptors (Lipinski definition) is 3. The van der Waals surface area contributed by atoms with E-state index in [4.69, 9.17) is 4.74 Å². The first-order valence-corrected chi connectivity index (χ1v) is 6.02. The molecule has 0 amide bonds. The van der Waals surface area contributed by atoms with E-state index in [0.29, 0.717) is 25.4 Å². The topological polar surface area (TPSA) is 46.5 Å². The first kappa shape index (κ1) is 12.5. The van der Waals surface area contributed by atoms with Crippen LogP contribution in [0.25, 0.3) is 0 Å². The van der Waals surface area contributed by atoms with E-state index < -0.39 is 11.6 Å². The lowest BCUT2D eigenvalue weighted by molar-refractivity contribution is -0.169. The molecule has 0 heterocycles. The summed E-state index contributed by atoms with van der Waals surface area (Å²) in [6.45, 7) is 4.29. The van der Waals surface area contributed by atoms with Crippen molar-refractivity contribution in [3.63, 3.8) is 0 Å². The standard InChI is InChI=1S/C12H22O3/c1-3-5-10-6-8-12(14,9-7-10)11(13)15-4-2/h10,14H,3-9H2,1-2H3. The van der Waals surface area contributed by atoms with Gasteiger partial charge in [-0.2, -0.15) is 0 Å². The van der Waals surface area contributed by atoms with Crippen molar-refractivity contribution in [2.45, 2.75) is 58.0 Å². The minimum absolute atomic E-state index is 0.347. The van der Waals surface area contributed by atoms with E-state index in [0.717, 1.165) is 12.8 Å². The number of carbonyl (C=O) groups is 1. The third kappa shape index (κ3) is 3.20. The highest BCUT2D eigenvalue weighted by Gasteiger charge is 2.40. The molecule has 3 nitrogen and oxygen atoms in total. The number of ether oxygens (including phenoxy) is 1. The zero-order chi connectivity index (χ0) is 11.3. The molecule has 0 spiro atoms. The van der Waals surface area contributed by atoms with E-state index in [1.807, 2.05) is 0 Å². The predicted molar refractivity (Wildman–Crippen MR) is 58.4 cm³/mol. The maximum Gasteiger partial charge on any atom is 0.338 e. The van der Waals surface area contributed by atoms with Gasteiger partial charge in [-0.25, -0.2) is 4.79 Å². The van der Waals surface area contributed by atoms with Crippen LogP contribution >= 0.6 is 0 Å². The average Bonchev–Trinajstić information content (AvgIpc) is 2.22. The summed E-state index contributed by atoms with van der Waals surface area (Å²) in [5.41, 5.74) is -1.19. The largest absolute Gasteiger partial charge is 0.464 e. The van der Waals surface area contributed by atoms with Crippen molar-refractivity contribution in [1.82, 2.24) is 0 Å². The number of aliphatic hydroxyl groups is 1. The highest BCUT2D eigenvalue weighted by molar-refractivity contribution is 5.79. The van der Waals surface area contributed by atoms with Gasteiger partial charge >= 0.3 is 5.97 Å². The van der Waals surface area contributed by atoms with Gasteiger partial charge in [-0.05, 0) is 38.5 Å². The Morgan fingerprint density at radius 2 is 2.00 bits per heavy atom. The van der Waals surface area contributed by atoms with E-state index in [-0.39, 0.29) is 0 Å². The summed E-state index contributed by atoms with van der Waals surface area (Å²) in [7, 11) is 0. The molecule has 0 aromatic heterocycles. The zero-order valence-corrected chi connectivity index (χ0v) is 9.79. The molecule has 1 aliphatic carbocycles. The van der Waals surface area contributed by atoms with Crippen molar-refractivity contribution in [3.05, 3.63) is 0 Å². The lowest BCUT2D eigenvalue weighted by Gasteiger charge is -2.33. The van der Waals surface area contributed by atoms with E-state index in [1.54, 1.807) is 6.92 Å². The van der Waals surface area contributed by atoms with Crippen LogP contribution in [0.5, 0.6) is 0 Å². The normalized spacial score (nSPS) is 31.3. The molecule has 0 aliphatic heterocycles. The van der Waals surface area contributed by atoms with Gasteiger partial charge in [-0.1, -0.05) is 19.8 Å². The molecule has 0 radical (unpaired) electrons. The van der Waals surface area contributed by atoms with Crippen LogP contribution in [-0.4, -0.2) is 23.3 Å². The van der Waals surface area contributed by atoms with Gasteiger partial charge in [0.1, 0.15) is 0 Å². The molecule has 15 heavy (non-hydrogen) atoms. The lowest BCUT2D eigenvalue weighted by Crippen LogP contribution is -2.43. The molecule has 0 bridgehead atoms. The maximum atomic E-state index is 11.5. The summed E-state index contributed by atoms with van der Waals surface area (Å²) in [6.07, 6.45) is 5.42. The summed E-state index contributed by atoms with van der Waals surface area (Å²) >= 11 is 0. The van der Waals surface area contributed by atoms with Gasteiger partial charge in [0.05, 0.1) is 6.61 Å². The first-order valence-electron chi connectivity index (χ1n) is 6.02. The molecule has 1 saturated carbocycles. The quantitative estimate of drug-likeness (QED) is 0.730. The summed E-state index contributed by atoms with van der Waals surface area (Å²) in [5, 5.41) is 10.1. The average molecular weight is 214 g/mol. The van der Waals surface area contributed by atoms with Crippen LogP contribution in [0.4, 0.5) is 0 Å². The lowest BCUT2D eigenvalue weighted by atomic mass is 9.77. The van der Waals surface area contributed by atoms with Gasteiger partial charge in [-0.3, -0.25) is 0 Å². The van der Waals surface area contributed by atoms with Gasteiger partial charge in [0.2, 0.25) is 0 Å². The number of hydrogen-bond donors (Lipinski definition) is 1. The van der Waals surface area contributed by atoms with Crippen molar-refractivity contribution in [2.24, 2.45) is 5.92 Å². The molecule has 1 fully saturated rings. The van der Waals surface area contributed by atoms with Crippen molar-refractivity contribution >= 4 is 5.97 Å². The maximum absolute atomic E-state index is 11.5. The molecule has 1 rings (SSSR count). The van der Waals surface area contributed by atoms with Crippen LogP contribution in [0.3, 0.4) is 0 Å². The van der Waals surface area contributed by atoms with Gasteiger partial charge in [0.25, 0.3) is 0 Å². The van der Waals surface area contributed by atoms with E-state index in [9.17, 15) is 9.90 Å². The van der Waals surface area contributed by atoms with Crippen LogP contribution in [0.2, 0.25) is 0 Å². The molecule has 1 aliphatic rings. The number of esters is 1. The molecule has 0 atom stereocenters. The fraction of sp³-hybridized carbons (Fsp3) is 0.917. The van der Waals surface area contributed by atoms with Crippen molar-refractivity contribution in [3.8, 4) is 0 Å². The summed E-state index contributed by atoms with van der Waals surface area (Å²) in [5.74, 6) is 0.254. The first-order chi connectivity index (χ1) is 7.12. The van der Waals surface area contributed by atoms with Crippen molar-refractivity contribution < 1.29 is 14.6 Å². The predicted octanol–water partition coefficient (Wildman–Crippen LogP) is 2.27. The van der Waals surface area contributed by atoms with E-state index in [1.165, 1.54) is 12.8 Å². The molecule has 88 valence electrons. The second kappa shape index (κ2) is 5.50. The number of rotatable bonds is 4. The molecule has 3 heteroatoms. The Morgan fingerprint density at radius 1 is 1.40 bits per heavy atom. The number of carbonyl (C=O) groups excluding carboxylic acids is 1. The molecule has 0 unspecified atom stereocenters. The SMILES string of the molecule is CCCC1CCC(O)(C(=O)OCC)CC1. The van der Waals surface area contributed by atoms with Gasteiger partial charge < -0.3 is 9.84 Å². The Hall–Kier alpha value is -0.570. The summed E-state index contributed by atoms with van der Waals surface area (Å²) < 4.78 is 4.89. The molecule has 1 N–H and O–H groups in total. The van der Waals surface area contributed by atoms with Gasteiger partial charge in [-0.15, -0.1) is 0 Å². The minimum atomic E-state index is -1.19. The third-order valence-electron chi connectivity index (χ3n) is 3.28. The smallest absolute Gasteiger partial charge is 0.338 e. The summed E-state index contributed by atoms with van der Waals surface area (Å²) in [4.78, 5) is 11.5. The van der Waals surface area contributed by atoms with Crippen LogP contribution in [0, 0.1) is 5.92 Å². The Labute approximate surface area is 91.8 Å². The Kier molecular flexibility index (Phi) is 4.58. The van der Waals surface area contributed by atoms with Gasteiger partial charge in [0, 0.05) is 0 Å². The molecular weight excluding hydrogens is 192 g/mol. The monoisotopic (exact) mass is 214 g/mol. The second-order valence-corrected chi connectivity index (χ2v) is 4.48. The van der Waals surface area contributed by atoms with Crippen LogP contribution < -0.4 is 0 Å². The Bertz CT molecular complexity index is 205. The van der Waals surface area contributed by atoms with Gasteiger partial charge in [0.15, 0.2) is 5.60 Å². The van der Waals surface area contributed by atoms with Crippen LogP contribution in [0.1, 0.15) is 52.4 Å². The zero-order valence-electron chi connectivity index (χ0n) is 9.79. The molecular formula is C12H22O3. The van der Waals surface area contributed by atoms with Crippen LogP contribution in [-0.2, 0) is 9.53 Å². The second-order valence-electron chi connectivity index (χ2n) is 4.48. The fourth-order valence-electron chi connectivity index (χ4n) is 2.32. The minimum Gasteiger partial charge on any atom is -0.464 e. The van der Waals surface area contributed by atoms with E-state index >= 15 is 0 Å². The van der Waals surface area contributed by atoms with Crippen molar-refractivity contribution in [1.29, 1.82) is 0 Å². The Balaban J connectivity index is 2.43. The van der Waals surface area contributed by atoms with Crippen molar-refractivity contribution in [2.75, 3.05) is 6.61 Å². The summed E-state index contributed by atoms with van der Waals surface area (Å²) in [6, 6.07) is 0. The highest BCUT2D eigenvalue weighted by Crippen LogP contribution is 2.35.